The Balaban J connectivity index is 0.00000192. The Morgan fingerprint density at radius 1 is 1.30 bits per heavy atom. The van der Waals surface area contributed by atoms with Gasteiger partial charge in [-0.1, -0.05) is 0 Å². The highest BCUT2D eigenvalue weighted by atomic mass is 35.5. The summed E-state index contributed by atoms with van der Waals surface area (Å²) in [5, 5.41) is 9.60. The SMILES string of the molecule is COc1cc2c(c3c1OC(C)(C)C3)C(C(=O)O)=NC(C)(C)C2.Cl. The number of carboxylic acid groups (broad SMARTS) is 1. The van der Waals surface area contributed by atoms with Crippen molar-refractivity contribution >= 4 is 24.1 Å². The summed E-state index contributed by atoms with van der Waals surface area (Å²) < 4.78 is 11.5. The Morgan fingerprint density at radius 2 is 1.96 bits per heavy atom. The molecule has 6 heteroatoms. The predicted molar refractivity (Wildman–Crippen MR) is 90.6 cm³/mol. The average Bonchev–Trinajstić information content (AvgIpc) is 2.70. The number of benzene rings is 1. The number of carbonyl (C=O) groups is 1. The zero-order valence-corrected chi connectivity index (χ0v) is 14.8. The normalized spacial score (nSPS) is 19.6. The molecule has 0 bridgehead atoms. The van der Waals surface area contributed by atoms with Gasteiger partial charge in [-0.25, -0.2) is 4.79 Å². The van der Waals surface area contributed by atoms with E-state index in [0.29, 0.717) is 29.9 Å². The van der Waals surface area contributed by atoms with E-state index in [0.717, 1.165) is 11.1 Å². The second kappa shape index (κ2) is 5.41. The summed E-state index contributed by atoms with van der Waals surface area (Å²) in [7, 11) is 1.61. The lowest BCUT2D eigenvalue weighted by atomic mass is 9.82. The van der Waals surface area contributed by atoms with E-state index in [4.69, 9.17) is 9.47 Å². The molecular formula is C17H22ClNO4. The number of rotatable bonds is 2. The fraction of sp³-hybridized carbons (Fsp3) is 0.529. The molecule has 0 unspecified atom stereocenters. The van der Waals surface area contributed by atoms with Crippen molar-refractivity contribution in [1.82, 2.24) is 0 Å². The van der Waals surface area contributed by atoms with Gasteiger partial charge in [-0.05, 0) is 45.7 Å². The maximum absolute atomic E-state index is 11.7. The smallest absolute Gasteiger partial charge is 0.354 e. The Morgan fingerprint density at radius 3 is 2.52 bits per heavy atom. The summed E-state index contributed by atoms with van der Waals surface area (Å²) in [6.45, 7) is 7.87. The van der Waals surface area contributed by atoms with Crippen molar-refractivity contribution in [3.8, 4) is 11.5 Å². The van der Waals surface area contributed by atoms with Crippen LogP contribution in [0.2, 0.25) is 0 Å². The van der Waals surface area contributed by atoms with Gasteiger partial charge in [0, 0.05) is 17.5 Å². The van der Waals surface area contributed by atoms with Crippen LogP contribution in [-0.4, -0.2) is 35.0 Å². The second-order valence-electron chi connectivity index (χ2n) is 7.21. The minimum Gasteiger partial charge on any atom is -0.493 e. The van der Waals surface area contributed by atoms with E-state index in [-0.39, 0.29) is 23.7 Å². The lowest BCUT2D eigenvalue weighted by molar-refractivity contribution is -0.129. The fourth-order valence-corrected chi connectivity index (χ4v) is 3.38. The summed E-state index contributed by atoms with van der Waals surface area (Å²) in [5.74, 6) is 0.327. The number of aliphatic carboxylic acids is 1. The van der Waals surface area contributed by atoms with Crippen molar-refractivity contribution in [2.45, 2.75) is 51.7 Å². The quantitative estimate of drug-likeness (QED) is 0.899. The average molecular weight is 340 g/mol. The van der Waals surface area contributed by atoms with E-state index in [9.17, 15) is 9.90 Å². The Labute approximate surface area is 142 Å². The van der Waals surface area contributed by atoms with E-state index < -0.39 is 11.5 Å². The summed E-state index contributed by atoms with van der Waals surface area (Å²) in [6, 6.07) is 1.90. The van der Waals surface area contributed by atoms with Crippen molar-refractivity contribution in [2.24, 2.45) is 4.99 Å². The number of methoxy groups -OCH3 is 1. The van der Waals surface area contributed by atoms with Crippen LogP contribution in [0.3, 0.4) is 0 Å². The molecule has 3 rings (SSSR count). The van der Waals surface area contributed by atoms with Gasteiger partial charge in [-0.15, -0.1) is 12.4 Å². The highest BCUT2D eigenvalue weighted by Gasteiger charge is 2.40. The third kappa shape index (κ3) is 2.90. The van der Waals surface area contributed by atoms with Crippen LogP contribution in [0.25, 0.3) is 0 Å². The molecule has 0 spiro atoms. The third-order valence-electron chi connectivity index (χ3n) is 4.10. The molecule has 2 aliphatic rings. The highest BCUT2D eigenvalue weighted by Crippen LogP contribution is 2.47. The zero-order valence-electron chi connectivity index (χ0n) is 14.0. The zero-order chi connectivity index (χ0) is 16.3. The number of halogens is 1. The highest BCUT2D eigenvalue weighted by molar-refractivity contribution is 6.43. The van der Waals surface area contributed by atoms with Crippen LogP contribution in [0.4, 0.5) is 0 Å². The largest absolute Gasteiger partial charge is 0.493 e. The molecule has 0 radical (unpaired) electrons. The molecule has 1 aromatic carbocycles. The number of fused-ring (bicyclic) bond motifs is 3. The first kappa shape index (κ1) is 17.6. The number of nitrogens with zero attached hydrogens (tertiary/aromatic N) is 1. The first-order chi connectivity index (χ1) is 10.1. The van der Waals surface area contributed by atoms with Crippen molar-refractivity contribution < 1.29 is 19.4 Å². The van der Waals surface area contributed by atoms with E-state index in [1.807, 2.05) is 33.8 Å². The van der Waals surface area contributed by atoms with Crippen LogP contribution in [0.1, 0.15) is 44.4 Å². The van der Waals surface area contributed by atoms with Crippen molar-refractivity contribution in [3.63, 3.8) is 0 Å². The molecule has 0 saturated carbocycles. The predicted octanol–water partition coefficient (Wildman–Crippen LogP) is 3.04. The van der Waals surface area contributed by atoms with E-state index >= 15 is 0 Å². The molecule has 126 valence electrons. The molecule has 0 aromatic heterocycles. The van der Waals surface area contributed by atoms with Gasteiger partial charge in [0.05, 0.1) is 12.6 Å². The van der Waals surface area contributed by atoms with Gasteiger partial charge in [0.25, 0.3) is 0 Å². The van der Waals surface area contributed by atoms with Gasteiger partial charge in [0.15, 0.2) is 17.2 Å². The topological polar surface area (TPSA) is 68.1 Å². The Kier molecular flexibility index (Phi) is 4.14. The molecule has 23 heavy (non-hydrogen) atoms. The van der Waals surface area contributed by atoms with Gasteiger partial charge >= 0.3 is 5.97 Å². The fourth-order valence-electron chi connectivity index (χ4n) is 3.38. The van der Waals surface area contributed by atoms with Gasteiger partial charge in [-0.3, -0.25) is 4.99 Å². The Hall–Kier alpha value is -1.75. The lowest BCUT2D eigenvalue weighted by Gasteiger charge is -2.29. The van der Waals surface area contributed by atoms with Crippen LogP contribution in [-0.2, 0) is 17.6 Å². The van der Waals surface area contributed by atoms with Crippen LogP contribution in [0.15, 0.2) is 11.1 Å². The van der Waals surface area contributed by atoms with Crippen molar-refractivity contribution in [1.29, 1.82) is 0 Å². The minimum absolute atomic E-state index is 0. The molecule has 0 amide bonds. The molecule has 0 saturated heterocycles. The molecule has 1 N–H and O–H groups in total. The molecule has 2 aliphatic heterocycles. The van der Waals surface area contributed by atoms with Crippen molar-refractivity contribution in [2.75, 3.05) is 7.11 Å². The van der Waals surface area contributed by atoms with E-state index in [1.54, 1.807) is 7.11 Å². The van der Waals surface area contributed by atoms with E-state index in [1.165, 1.54) is 0 Å². The van der Waals surface area contributed by atoms with Gasteiger partial charge < -0.3 is 14.6 Å². The van der Waals surface area contributed by atoms with Crippen LogP contribution < -0.4 is 9.47 Å². The second-order valence-corrected chi connectivity index (χ2v) is 7.21. The monoisotopic (exact) mass is 339 g/mol. The number of carboxylic acids is 1. The Bertz CT molecular complexity index is 707. The number of ether oxygens (including phenoxy) is 2. The number of aliphatic imine (C=N–C) groups is 1. The standard InChI is InChI=1S/C17H21NO4.ClH/c1-16(2)7-9-6-11(21-5)14-10(8-17(3,4)22-14)12(9)13(18-16)15(19)20;/h6H,7-8H2,1-5H3,(H,19,20);1H. The van der Waals surface area contributed by atoms with Crippen LogP contribution in [0, 0.1) is 0 Å². The first-order valence-corrected chi connectivity index (χ1v) is 7.39. The molecular weight excluding hydrogens is 318 g/mol. The maximum atomic E-state index is 11.7. The molecule has 0 atom stereocenters. The first-order valence-electron chi connectivity index (χ1n) is 7.39. The van der Waals surface area contributed by atoms with Crippen molar-refractivity contribution in [3.05, 3.63) is 22.8 Å². The molecule has 1 aromatic rings. The van der Waals surface area contributed by atoms with E-state index in [2.05, 4.69) is 4.99 Å². The van der Waals surface area contributed by atoms with Crippen LogP contribution >= 0.6 is 12.4 Å². The molecule has 2 heterocycles. The number of hydrogen-bond donors (Lipinski definition) is 1. The summed E-state index contributed by atoms with van der Waals surface area (Å²) >= 11 is 0. The van der Waals surface area contributed by atoms with Crippen LogP contribution in [0.5, 0.6) is 11.5 Å². The van der Waals surface area contributed by atoms with Gasteiger partial charge in [0.2, 0.25) is 0 Å². The van der Waals surface area contributed by atoms with Gasteiger partial charge in [-0.2, -0.15) is 0 Å². The lowest BCUT2D eigenvalue weighted by Crippen LogP contribution is -2.33. The molecule has 0 aliphatic carbocycles. The molecule has 0 fully saturated rings. The summed E-state index contributed by atoms with van der Waals surface area (Å²) in [6.07, 6.45) is 1.33. The molecule has 5 nitrogen and oxygen atoms in total. The van der Waals surface area contributed by atoms with Gasteiger partial charge in [0.1, 0.15) is 5.60 Å². The number of hydrogen-bond acceptors (Lipinski definition) is 4. The third-order valence-corrected chi connectivity index (χ3v) is 4.10. The maximum Gasteiger partial charge on any atom is 0.354 e. The summed E-state index contributed by atoms with van der Waals surface area (Å²) in [4.78, 5) is 16.2. The summed E-state index contributed by atoms with van der Waals surface area (Å²) in [5.41, 5.74) is 1.90. The minimum atomic E-state index is -0.994.